The van der Waals surface area contributed by atoms with Crippen molar-refractivity contribution < 1.29 is 27.3 Å². The van der Waals surface area contributed by atoms with Gasteiger partial charge >= 0.3 is 8.03 Å². The fraction of sp³-hybridized carbons (Fsp3) is 0.467. The van der Waals surface area contributed by atoms with Gasteiger partial charge in [0, 0.05) is 29.2 Å². The van der Waals surface area contributed by atoms with Crippen LogP contribution in [0, 0.1) is 0 Å². The first kappa shape index (κ1) is 22.0. The smallest absolute Gasteiger partial charge is 0.488 e. The molecule has 1 aromatic heterocycles. The van der Waals surface area contributed by atoms with Crippen LogP contribution in [0.2, 0.25) is 0 Å². The highest BCUT2D eigenvalue weighted by atomic mass is 32.2. The fourth-order valence-corrected chi connectivity index (χ4v) is 6.21. The molecule has 1 heterocycles. The Morgan fingerprint density at radius 2 is 1.78 bits per heavy atom. The third-order valence-electron chi connectivity index (χ3n) is 3.56. The molecule has 27 heavy (non-hydrogen) atoms. The minimum Gasteiger partial charge on any atom is -0.488 e. The van der Waals surface area contributed by atoms with Crippen molar-refractivity contribution in [2.45, 2.75) is 17.6 Å². The van der Waals surface area contributed by atoms with Gasteiger partial charge in [-0.25, -0.2) is 8.42 Å². The first-order valence-corrected chi connectivity index (χ1v) is 11.9. The van der Waals surface area contributed by atoms with Crippen molar-refractivity contribution in [3.63, 3.8) is 0 Å². The number of hydrogen-bond donors (Lipinski definition) is 4. The van der Waals surface area contributed by atoms with Crippen molar-refractivity contribution in [1.29, 1.82) is 0 Å². The number of rotatable bonds is 11. The minimum atomic E-state index is -3.92. The van der Waals surface area contributed by atoms with E-state index in [1.165, 1.54) is 0 Å². The predicted octanol–water partition coefficient (Wildman–Crippen LogP) is 1.11. The number of nitrogens with two attached hydrogens (primary N) is 2. The summed E-state index contributed by atoms with van der Waals surface area (Å²) in [6.45, 7) is 3.05. The zero-order valence-corrected chi connectivity index (χ0v) is 17.3. The van der Waals surface area contributed by atoms with Gasteiger partial charge in [0.2, 0.25) is 6.29 Å². The second-order valence-corrected chi connectivity index (χ2v) is 9.48. The van der Waals surface area contributed by atoms with Gasteiger partial charge in [-0.15, -0.1) is 11.3 Å². The first-order chi connectivity index (χ1) is 12.8. The summed E-state index contributed by atoms with van der Waals surface area (Å²) >= 11 is 1.07. The van der Waals surface area contributed by atoms with Gasteiger partial charge < -0.3 is 20.9 Å². The van der Waals surface area contributed by atoms with Gasteiger partial charge in [-0.05, 0) is 22.6 Å². The van der Waals surface area contributed by atoms with Crippen LogP contribution in [0.25, 0.3) is 10.1 Å². The van der Waals surface area contributed by atoms with E-state index in [2.05, 4.69) is 4.72 Å². The van der Waals surface area contributed by atoms with Crippen LogP contribution >= 0.6 is 19.4 Å². The normalized spacial score (nSPS) is 12.4. The van der Waals surface area contributed by atoms with Gasteiger partial charge in [0.25, 0.3) is 10.0 Å². The molecular formula is C15H23N3O6PS2+. The van der Waals surface area contributed by atoms with E-state index < -0.39 is 24.3 Å². The van der Waals surface area contributed by atoms with Crippen LogP contribution in [0.3, 0.4) is 0 Å². The Hall–Kier alpha value is -1.33. The summed E-state index contributed by atoms with van der Waals surface area (Å²) < 4.78 is 50.2. The molecule has 0 radical (unpaired) electrons. The number of benzene rings is 1. The molecular weight excluding hydrogens is 413 g/mol. The molecule has 2 aromatic rings. The standard InChI is InChI=1S/C15H22N3O6PS2/c1-2-10-11-7-12(23-5-3-16)13(24-6-4-17)8-14(11)26-15(10)27(21,22)18-9-25(19)20/h7-8,18H,2-6,9,16-17H2,1H3/p+1. The van der Waals surface area contributed by atoms with Gasteiger partial charge in [-0.2, -0.15) is 9.62 Å². The molecule has 12 heteroatoms. The van der Waals surface area contributed by atoms with Crippen molar-refractivity contribution >= 4 is 39.5 Å². The highest BCUT2D eigenvalue weighted by molar-refractivity contribution is 7.92. The Balaban J connectivity index is 2.56. The zero-order chi connectivity index (χ0) is 20.0. The van der Waals surface area contributed by atoms with E-state index >= 15 is 0 Å². The molecule has 0 saturated heterocycles. The molecule has 0 spiro atoms. The summed E-state index contributed by atoms with van der Waals surface area (Å²) in [4.78, 5) is 8.90. The van der Waals surface area contributed by atoms with E-state index in [-0.39, 0.29) is 17.4 Å². The topological polar surface area (TPSA) is 154 Å². The molecule has 0 saturated carbocycles. The molecule has 1 atom stereocenters. The van der Waals surface area contributed by atoms with E-state index in [4.69, 9.17) is 25.8 Å². The van der Waals surface area contributed by atoms with Crippen LogP contribution in [0.1, 0.15) is 12.5 Å². The average molecular weight is 436 g/mol. The molecule has 0 aliphatic heterocycles. The number of aryl methyl sites for hydroxylation is 1. The van der Waals surface area contributed by atoms with Gasteiger partial charge in [0.05, 0.1) is 0 Å². The maximum absolute atomic E-state index is 12.6. The largest absolute Gasteiger partial charge is 0.522 e. The molecule has 6 N–H and O–H groups in total. The lowest BCUT2D eigenvalue weighted by atomic mass is 10.1. The lowest BCUT2D eigenvalue weighted by Crippen LogP contribution is -2.23. The summed E-state index contributed by atoms with van der Waals surface area (Å²) in [7, 11) is -6.53. The molecule has 150 valence electrons. The molecule has 0 aliphatic rings. The van der Waals surface area contributed by atoms with Crippen LogP contribution in [-0.2, 0) is 21.0 Å². The predicted molar refractivity (Wildman–Crippen MR) is 105 cm³/mol. The molecule has 9 nitrogen and oxygen atoms in total. The number of hydrogen-bond acceptors (Lipinski definition) is 8. The third-order valence-corrected chi connectivity index (χ3v) is 7.36. The Bertz CT molecular complexity index is 916. The molecule has 0 fully saturated rings. The Kier molecular flexibility index (Phi) is 7.92. The van der Waals surface area contributed by atoms with Crippen molar-refractivity contribution in [1.82, 2.24) is 4.72 Å². The first-order valence-electron chi connectivity index (χ1n) is 8.22. The van der Waals surface area contributed by atoms with E-state index in [0.717, 1.165) is 16.7 Å². The van der Waals surface area contributed by atoms with Crippen LogP contribution in [0.15, 0.2) is 16.3 Å². The van der Waals surface area contributed by atoms with E-state index in [9.17, 15) is 13.0 Å². The van der Waals surface area contributed by atoms with E-state index in [1.807, 2.05) is 6.92 Å². The highest BCUT2D eigenvalue weighted by Gasteiger charge is 2.27. The Morgan fingerprint density at radius 1 is 1.19 bits per heavy atom. The van der Waals surface area contributed by atoms with Crippen molar-refractivity contribution in [2.24, 2.45) is 11.5 Å². The monoisotopic (exact) mass is 436 g/mol. The Morgan fingerprint density at radius 3 is 2.30 bits per heavy atom. The SMILES string of the molecule is CCc1c(S(=O)(=O)NC[P+](=O)O)sc2cc(OCCN)c(OCCN)cc12. The number of ether oxygens (including phenoxy) is 2. The van der Waals surface area contributed by atoms with Crippen molar-refractivity contribution in [3.05, 3.63) is 17.7 Å². The number of nitrogens with one attached hydrogen (secondary N) is 1. The number of fused-ring (bicyclic) bond motifs is 1. The van der Waals surface area contributed by atoms with Gasteiger partial charge in [-0.1, -0.05) is 6.92 Å². The molecule has 0 bridgehead atoms. The van der Waals surface area contributed by atoms with Crippen molar-refractivity contribution in [3.8, 4) is 11.5 Å². The van der Waals surface area contributed by atoms with Gasteiger partial charge in [0.1, 0.15) is 17.4 Å². The summed E-state index contributed by atoms with van der Waals surface area (Å²) in [5, 5.41) is 0.725. The Labute approximate surface area is 162 Å². The maximum Gasteiger partial charge on any atom is 0.522 e. The van der Waals surface area contributed by atoms with E-state index in [0.29, 0.717) is 41.3 Å². The fourth-order valence-electron chi connectivity index (χ4n) is 2.45. The number of sulfonamides is 1. The highest BCUT2D eigenvalue weighted by Crippen LogP contribution is 2.41. The summed E-state index contributed by atoms with van der Waals surface area (Å²) in [5.74, 6) is 0.921. The zero-order valence-electron chi connectivity index (χ0n) is 14.8. The quantitative estimate of drug-likeness (QED) is 0.382. The molecule has 0 amide bonds. The minimum absolute atomic E-state index is 0.109. The van der Waals surface area contributed by atoms with E-state index in [1.54, 1.807) is 12.1 Å². The van der Waals surface area contributed by atoms with Crippen molar-refractivity contribution in [2.75, 3.05) is 32.6 Å². The summed E-state index contributed by atoms with van der Waals surface area (Å²) in [5.41, 5.74) is 11.6. The lowest BCUT2D eigenvalue weighted by Gasteiger charge is -2.12. The summed E-state index contributed by atoms with van der Waals surface area (Å²) in [6, 6.07) is 3.45. The second-order valence-electron chi connectivity index (χ2n) is 5.45. The van der Waals surface area contributed by atoms with Crippen LogP contribution in [0.4, 0.5) is 0 Å². The molecule has 2 rings (SSSR count). The molecule has 0 aliphatic carbocycles. The second kappa shape index (κ2) is 9.74. The van der Waals surface area contributed by atoms with Gasteiger partial charge in [0.15, 0.2) is 11.5 Å². The third kappa shape index (κ3) is 5.35. The average Bonchev–Trinajstić information content (AvgIpc) is 3.00. The summed E-state index contributed by atoms with van der Waals surface area (Å²) in [6.07, 6.45) is -0.0778. The van der Waals surface area contributed by atoms with Crippen LogP contribution in [-0.4, -0.2) is 45.9 Å². The molecule has 1 aromatic carbocycles. The molecule has 1 unspecified atom stereocenters. The number of thiophene rings is 1. The van der Waals surface area contributed by atoms with Crippen LogP contribution < -0.4 is 25.7 Å². The maximum atomic E-state index is 12.6. The van der Waals surface area contributed by atoms with Gasteiger partial charge in [-0.3, -0.25) is 0 Å². The lowest BCUT2D eigenvalue weighted by molar-refractivity contribution is 0.278. The van der Waals surface area contributed by atoms with Crippen LogP contribution in [0.5, 0.6) is 11.5 Å².